The first-order valence-corrected chi connectivity index (χ1v) is 9.23. The van der Waals surface area contributed by atoms with Crippen LogP contribution in [0.1, 0.15) is 35.9 Å². The molecule has 3 rings (SSSR count). The van der Waals surface area contributed by atoms with Gasteiger partial charge in [-0.2, -0.15) is 13.2 Å². The topological polar surface area (TPSA) is 56.3 Å². The van der Waals surface area contributed by atoms with Crippen molar-refractivity contribution in [3.05, 3.63) is 40.7 Å². The van der Waals surface area contributed by atoms with Crippen molar-refractivity contribution in [2.45, 2.75) is 38.8 Å². The smallest absolute Gasteiger partial charge is 0.433 e. The summed E-state index contributed by atoms with van der Waals surface area (Å²) in [7, 11) is 3.12. The number of alkyl halides is 3. The number of benzene rings is 1. The molecule has 1 N–H and O–H groups in total. The lowest BCUT2D eigenvalue weighted by Gasteiger charge is -2.24. The van der Waals surface area contributed by atoms with E-state index < -0.39 is 11.9 Å². The Hall–Kier alpha value is -2.51. The molecular weight excluding hydrogens is 371 g/mol. The first-order valence-electron chi connectivity index (χ1n) is 9.23. The Balaban J connectivity index is 1.74. The van der Waals surface area contributed by atoms with Crippen molar-refractivity contribution >= 4 is 5.95 Å². The van der Waals surface area contributed by atoms with Crippen LogP contribution in [-0.2, 0) is 25.4 Å². The van der Waals surface area contributed by atoms with Gasteiger partial charge in [0.2, 0.25) is 5.95 Å². The lowest BCUT2D eigenvalue weighted by atomic mass is 9.87. The highest BCUT2D eigenvalue weighted by Gasteiger charge is 2.38. The maximum Gasteiger partial charge on any atom is 0.433 e. The summed E-state index contributed by atoms with van der Waals surface area (Å²) in [5.41, 5.74) is 0.913. The van der Waals surface area contributed by atoms with E-state index >= 15 is 0 Å². The maximum absolute atomic E-state index is 13.5. The number of rotatable bonds is 6. The minimum Gasteiger partial charge on any atom is -0.493 e. The lowest BCUT2D eigenvalue weighted by molar-refractivity contribution is -0.142. The molecular formula is C20H24F3N3O2. The predicted octanol–water partition coefficient (Wildman–Crippen LogP) is 4.29. The number of anilines is 1. The highest BCUT2D eigenvalue weighted by molar-refractivity contribution is 5.43. The second-order valence-corrected chi connectivity index (χ2v) is 7.03. The molecule has 5 nitrogen and oxygen atoms in total. The Labute approximate surface area is 162 Å². The van der Waals surface area contributed by atoms with Gasteiger partial charge < -0.3 is 14.8 Å². The zero-order chi connectivity index (χ0) is 20.3. The van der Waals surface area contributed by atoms with E-state index in [9.17, 15) is 13.2 Å². The van der Waals surface area contributed by atoms with Crippen LogP contribution < -0.4 is 14.8 Å². The zero-order valence-electron chi connectivity index (χ0n) is 16.2. The average Bonchev–Trinajstić information content (AvgIpc) is 2.66. The second kappa shape index (κ2) is 8.24. The van der Waals surface area contributed by atoms with E-state index in [1.807, 2.05) is 19.1 Å². The van der Waals surface area contributed by atoms with Gasteiger partial charge in [0.1, 0.15) is 0 Å². The number of aromatic nitrogens is 2. The van der Waals surface area contributed by atoms with Crippen LogP contribution in [0.25, 0.3) is 0 Å². The van der Waals surface area contributed by atoms with E-state index in [1.54, 1.807) is 20.3 Å². The minimum atomic E-state index is -4.48. The molecule has 28 heavy (non-hydrogen) atoms. The normalized spacial score (nSPS) is 16.4. The third kappa shape index (κ3) is 4.48. The summed E-state index contributed by atoms with van der Waals surface area (Å²) in [5.74, 6) is 1.47. The van der Waals surface area contributed by atoms with Crippen LogP contribution in [0.5, 0.6) is 11.5 Å². The van der Waals surface area contributed by atoms with E-state index in [-0.39, 0.29) is 17.4 Å². The van der Waals surface area contributed by atoms with Gasteiger partial charge in [0.15, 0.2) is 17.2 Å². The van der Waals surface area contributed by atoms with Gasteiger partial charge in [-0.25, -0.2) is 9.97 Å². The Kier molecular flexibility index (Phi) is 5.96. The molecule has 1 aromatic heterocycles. The first kappa shape index (κ1) is 20.2. The Morgan fingerprint density at radius 2 is 1.89 bits per heavy atom. The first-order chi connectivity index (χ1) is 13.3. The molecule has 1 unspecified atom stereocenters. The summed E-state index contributed by atoms with van der Waals surface area (Å²) >= 11 is 0. The minimum absolute atomic E-state index is 0.0288. The molecule has 1 heterocycles. The molecule has 0 aliphatic heterocycles. The highest BCUT2D eigenvalue weighted by Crippen LogP contribution is 2.36. The maximum atomic E-state index is 13.5. The van der Waals surface area contributed by atoms with Crippen LogP contribution >= 0.6 is 0 Å². The van der Waals surface area contributed by atoms with Gasteiger partial charge in [-0.15, -0.1) is 0 Å². The number of halogens is 3. The molecule has 1 aromatic carbocycles. The van der Waals surface area contributed by atoms with Crippen LogP contribution in [0.15, 0.2) is 18.2 Å². The predicted molar refractivity (Wildman–Crippen MR) is 100.0 cm³/mol. The molecule has 152 valence electrons. The van der Waals surface area contributed by atoms with Crippen LogP contribution in [0, 0.1) is 5.92 Å². The molecule has 1 atom stereocenters. The molecule has 0 bridgehead atoms. The molecule has 0 saturated carbocycles. The SMILES string of the molecule is COc1ccc(CCNc2nc3c(c(C(F)(F)F)n2)CC(C)CC3)cc1OC. The summed E-state index contributed by atoms with van der Waals surface area (Å²) in [4.78, 5) is 8.14. The lowest BCUT2D eigenvalue weighted by Crippen LogP contribution is -2.23. The van der Waals surface area contributed by atoms with Gasteiger partial charge in [-0.3, -0.25) is 0 Å². The number of nitrogens with one attached hydrogen (secondary N) is 1. The number of fused-ring (bicyclic) bond motifs is 1. The Morgan fingerprint density at radius 3 is 2.57 bits per heavy atom. The third-order valence-electron chi connectivity index (χ3n) is 4.93. The fraction of sp³-hybridized carbons (Fsp3) is 0.500. The van der Waals surface area contributed by atoms with Gasteiger partial charge in [-0.05, 0) is 49.3 Å². The highest BCUT2D eigenvalue weighted by atomic mass is 19.4. The van der Waals surface area contributed by atoms with Crippen LogP contribution in [0.2, 0.25) is 0 Å². The van der Waals surface area contributed by atoms with Gasteiger partial charge in [0.25, 0.3) is 0 Å². The molecule has 1 aliphatic rings. The van der Waals surface area contributed by atoms with E-state index in [4.69, 9.17) is 9.47 Å². The molecule has 8 heteroatoms. The largest absolute Gasteiger partial charge is 0.493 e. The van der Waals surface area contributed by atoms with Crippen molar-refractivity contribution in [3.8, 4) is 11.5 Å². The fourth-order valence-corrected chi connectivity index (χ4v) is 3.45. The standard InChI is InChI=1S/C20H24F3N3O2/c1-12-4-6-15-14(10-12)18(20(21,22)23)26-19(25-15)24-9-8-13-5-7-16(27-2)17(11-13)28-3/h5,7,11-12H,4,6,8-10H2,1-3H3,(H,24,25,26). The molecule has 0 radical (unpaired) electrons. The molecule has 0 amide bonds. The Bertz CT molecular complexity index is 840. The van der Waals surface area contributed by atoms with Crippen LogP contribution in [-0.4, -0.2) is 30.7 Å². The van der Waals surface area contributed by atoms with Crippen molar-refractivity contribution in [2.24, 2.45) is 5.92 Å². The van der Waals surface area contributed by atoms with Crippen molar-refractivity contribution in [1.82, 2.24) is 9.97 Å². The third-order valence-corrected chi connectivity index (χ3v) is 4.93. The quantitative estimate of drug-likeness (QED) is 0.791. The number of ether oxygens (including phenoxy) is 2. The zero-order valence-corrected chi connectivity index (χ0v) is 16.2. The van der Waals surface area contributed by atoms with Crippen LogP contribution in [0.4, 0.5) is 19.1 Å². The molecule has 0 spiro atoms. The second-order valence-electron chi connectivity index (χ2n) is 7.03. The summed E-state index contributed by atoms with van der Waals surface area (Å²) in [6, 6.07) is 5.53. The number of hydrogen-bond acceptors (Lipinski definition) is 5. The van der Waals surface area contributed by atoms with E-state index in [0.717, 1.165) is 12.0 Å². The van der Waals surface area contributed by atoms with Gasteiger partial charge in [-0.1, -0.05) is 13.0 Å². The number of hydrogen-bond donors (Lipinski definition) is 1. The number of nitrogens with zero attached hydrogens (tertiary/aromatic N) is 2. The summed E-state index contributed by atoms with van der Waals surface area (Å²) < 4.78 is 50.9. The van der Waals surface area contributed by atoms with Crippen LogP contribution in [0.3, 0.4) is 0 Å². The van der Waals surface area contributed by atoms with Crippen molar-refractivity contribution in [1.29, 1.82) is 0 Å². The van der Waals surface area contributed by atoms with Gasteiger partial charge in [0.05, 0.1) is 14.2 Å². The Morgan fingerprint density at radius 1 is 1.14 bits per heavy atom. The summed E-state index contributed by atoms with van der Waals surface area (Å²) in [6.07, 6.45) is -2.14. The molecule has 0 fully saturated rings. The van der Waals surface area contributed by atoms with E-state index in [0.29, 0.717) is 43.0 Å². The van der Waals surface area contributed by atoms with Crippen molar-refractivity contribution in [2.75, 3.05) is 26.1 Å². The number of aryl methyl sites for hydroxylation is 1. The monoisotopic (exact) mass is 395 g/mol. The van der Waals surface area contributed by atoms with Crippen molar-refractivity contribution in [3.63, 3.8) is 0 Å². The number of methoxy groups -OCH3 is 2. The van der Waals surface area contributed by atoms with Gasteiger partial charge in [0, 0.05) is 17.8 Å². The van der Waals surface area contributed by atoms with Crippen molar-refractivity contribution < 1.29 is 22.6 Å². The van der Waals surface area contributed by atoms with E-state index in [2.05, 4.69) is 15.3 Å². The van der Waals surface area contributed by atoms with Gasteiger partial charge >= 0.3 is 6.18 Å². The van der Waals surface area contributed by atoms with E-state index in [1.165, 1.54) is 0 Å². The average molecular weight is 395 g/mol. The molecule has 2 aromatic rings. The summed E-state index contributed by atoms with van der Waals surface area (Å²) in [5, 5.41) is 2.94. The molecule has 1 aliphatic carbocycles. The summed E-state index contributed by atoms with van der Waals surface area (Å²) in [6.45, 7) is 2.36. The molecule has 0 saturated heterocycles. The fourth-order valence-electron chi connectivity index (χ4n) is 3.45.